The molecule has 2 aromatic rings. The van der Waals surface area contributed by atoms with E-state index < -0.39 is 0 Å². The highest BCUT2D eigenvalue weighted by Gasteiger charge is 2.06. The number of halogens is 1. The van der Waals surface area contributed by atoms with Crippen molar-refractivity contribution in [2.45, 2.75) is 19.9 Å². The minimum atomic E-state index is 0.299. The van der Waals surface area contributed by atoms with Crippen LogP contribution in [0.5, 0.6) is 5.75 Å². The summed E-state index contributed by atoms with van der Waals surface area (Å²) in [4.78, 5) is 2.17. The fourth-order valence-electron chi connectivity index (χ4n) is 2.02. The molecule has 0 unspecified atom stereocenters. The van der Waals surface area contributed by atoms with Gasteiger partial charge in [-0.1, -0.05) is 35.0 Å². The van der Waals surface area contributed by atoms with E-state index in [0.29, 0.717) is 5.75 Å². The lowest BCUT2D eigenvalue weighted by Gasteiger charge is -2.20. The number of rotatable bonds is 4. The standard InChI is InChI=1S/C16H18BrNO/c1-3-12-4-6-14(7-5-12)18(2)11-13-10-15(19)8-9-16(13)17/h4-10,19H,3,11H2,1-2H3. The van der Waals surface area contributed by atoms with Gasteiger partial charge in [0.15, 0.2) is 0 Å². The molecule has 2 rings (SSSR count). The smallest absolute Gasteiger partial charge is 0.115 e. The Hall–Kier alpha value is -1.48. The average molecular weight is 320 g/mol. The molecule has 0 atom stereocenters. The van der Waals surface area contributed by atoms with E-state index in [1.165, 1.54) is 11.3 Å². The van der Waals surface area contributed by atoms with Crippen LogP contribution in [0.4, 0.5) is 5.69 Å². The Bertz CT molecular complexity index is 551. The van der Waals surface area contributed by atoms with E-state index in [9.17, 15) is 5.11 Å². The lowest BCUT2D eigenvalue weighted by Crippen LogP contribution is -2.16. The van der Waals surface area contributed by atoms with Crippen LogP contribution in [0.25, 0.3) is 0 Å². The molecular weight excluding hydrogens is 302 g/mol. The first-order valence-electron chi connectivity index (χ1n) is 6.37. The Kier molecular flexibility index (Phi) is 4.48. The van der Waals surface area contributed by atoms with Gasteiger partial charge in [0.25, 0.3) is 0 Å². The van der Waals surface area contributed by atoms with Crippen molar-refractivity contribution in [3.05, 3.63) is 58.1 Å². The quantitative estimate of drug-likeness (QED) is 0.905. The zero-order chi connectivity index (χ0) is 13.8. The van der Waals surface area contributed by atoms with Crippen LogP contribution < -0.4 is 4.90 Å². The summed E-state index contributed by atoms with van der Waals surface area (Å²) >= 11 is 3.52. The molecule has 0 saturated heterocycles. The first-order chi connectivity index (χ1) is 9.10. The molecule has 100 valence electrons. The third-order valence-electron chi connectivity index (χ3n) is 3.22. The van der Waals surface area contributed by atoms with E-state index in [4.69, 9.17) is 0 Å². The van der Waals surface area contributed by atoms with Crippen molar-refractivity contribution < 1.29 is 5.11 Å². The van der Waals surface area contributed by atoms with Gasteiger partial charge in [-0.25, -0.2) is 0 Å². The summed E-state index contributed by atoms with van der Waals surface area (Å²) in [7, 11) is 2.05. The number of phenols is 1. The monoisotopic (exact) mass is 319 g/mol. The lowest BCUT2D eigenvalue weighted by atomic mass is 10.1. The third-order valence-corrected chi connectivity index (χ3v) is 4.00. The maximum atomic E-state index is 9.55. The summed E-state index contributed by atoms with van der Waals surface area (Å²) in [6, 6.07) is 13.9. The topological polar surface area (TPSA) is 23.5 Å². The van der Waals surface area contributed by atoms with E-state index in [2.05, 4.69) is 59.1 Å². The minimum Gasteiger partial charge on any atom is -0.508 e. The van der Waals surface area contributed by atoms with Crippen molar-refractivity contribution in [1.82, 2.24) is 0 Å². The second kappa shape index (κ2) is 6.11. The molecule has 0 aliphatic carbocycles. The predicted octanol–water partition coefficient (Wildman–Crippen LogP) is 4.35. The van der Waals surface area contributed by atoms with Crippen LogP contribution in [0.15, 0.2) is 46.9 Å². The first kappa shape index (κ1) is 13.9. The number of nitrogens with zero attached hydrogens (tertiary/aromatic N) is 1. The van der Waals surface area contributed by atoms with E-state index in [0.717, 1.165) is 23.0 Å². The van der Waals surface area contributed by atoms with Crippen LogP contribution in [0, 0.1) is 0 Å². The Morgan fingerprint density at radius 3 is 2.42 bits per heavy atom. The van der Waals surface area contributed by atoms with Crippen molar-refractivity contribution in [1.29, 1.82) is 0 Å². The zero-order valence-corrected chi connectivity index (χ0v) is 12.8. The molecule has 19 heavy (non-hydrogen) atoms. The van der Waals surface area contributed by atoms with Gasteiger partial charge in [-0.3, -0.25) is 0 Å². The molecule has 0 bridgehead atoms. The van der Waals surface area contributed by atoms with Gasteiger partial charge in [0.05, 0.1) is 0 Å². The van der Waals surface area contributed by atoms with Gasteiger partial charge >= 0.3 is 0 Å². The van der Waals surface area contributed by atoms with Crippen molar-refractivity contribution in [3.8, 4) is 5.75 Å². The summed E-state index contributed by atoms with van der Waals surface area (Å²) in [5.41, 5.74) is 3.59. The number of anilines is 1. The molecular formula is C16H18BrNO. The highest BCUT2D eigenvalue weighted by atomic mass is 79.9. The Labute approximate surface area is 122 Å². The highest BCUT2D eigenvalue weighted by molar-refractivity contribution is 9.10. The van der Waals surface area contributed by atoms with Crippen LogP contribution in [0.1, 0.15) is 18.1 Å². The molecule has 3 heteroatoms. The van der Waals surface area contributed by atoms with Crippen LogP contribution in [0.2, 0.25) is 0 Å². The lowest BCUT2D eigenvalue weighted by molar-refractivity contribution is 0.474. The Morgan fingerprint density at radius 1 is 1.11 bits per heavy atom. The summed E-state index contributed by atoms with van der Waals surface area (Å²) in [6.45, 7) is 2.91. The number of hydrogen-bond acceptors (Lipinski definition) is 2. The van der Waals surface area contributed by atoms with Crippen molar-refractivity contribution in [2.75, 3.05) is 11.9 Å². The Balaban J connectivity index is 2.15. The molecule has 0 amide bonds. The molecule has 0 spiro atoms. The third kappa shape index (κ3) is 3.51. The number of phenolic OH excluding ortho intramolecular Hbond substituents is 1. The van der Waals surface area contributed by atoms with Gasteiger partial charge in [-0.05, 0) is 47.9 Å². The maximum absolute atomic E-state index is 9.55. The normalized spacial score (nSPS) is 10.5. The van der Waals surface area contributed by atoms with E-state index in [-0.39, 0.29) is 0 Å². The van der Waals surface area contributed by atoms with Crippen molar-refractivity contribution in [2.24, 2.45) is 0 Å². The number of benzene rings is 2. The van der Waals surface area contributed by atoms with Gasteiger partial charge < -0.3 is 10.0 Å². The van der Waals surface area contributed by atoms with Crippen molar-refractivity contribution in [3.63, 3.8) is 0 Å². The van der Waals surface area contributed by atoms with Gasteiger partial charge in [-0.15, -0.1) is 0 Å². The van der Waals surface area contributed by atoms with Gasteiger partial charge in [0, 0.05) is 23.8 Å². The number of hydrogen-bond donors (Lipinski definition) is 1. The molecule has 0 fully saturated rings. The molecule has 2 aromatic carbocycles. The molecule has 0 aromatic heterocycles. The molecule has 0 aliphatic heterocycles. The SMILES string of the molecule is CCc1ccc(N(C)Cc2cc(O)ccc2Br)cc1. The first-order valence-corrected chi connectivity index (χ1v) is 7.17. The average Bonchev–Trinajstić information content (AvgIpc) is 2.43. The highest BCUT2D eigenvalue weighted by Crippen LogP contribution is 2.25. The van der Waals surface area contributed by atoms with Gasteiger partial charge in [0.1, 0.15) is 5.75 Å². The fourth-order valence-corrected chi connectivity index (χ4v) is 2.39. The van der Waals surface area contributed by atoms with Crippen LogP contribution in [0.3, 0.4) is 0 Å². The largest absolute Gasteiger partial charge is 0.508 e. The van der Waals surface area contributed by atoms with E-state index in [1.807, 2.05) is 6.07 Å². The second-order valence-corrected chi connectivity index (χ2v) is 5.51. The predicted molar refractivity (Wildman–Crippen MR) is 83.7 cm³/mol. The van der Waals surface area contributed by atoms with Gasteiger partial charge in [-0.2, -0.15) is 0 Å². The maximum Gasteiger partial charge on any atom is 0.115 e. The molecule has 1 N–H and O–H groups in total. The molecule has 0 saturated carbocycles. The number of aromatic hydroxyl groups is 1. The zero-order valence-electron chi connectivity index (χ0n) is 11.2. The van der Waals surface area contributed by atoms with E-state index >= 15 is 0 Å². The summed E-state index contributed by atoms with van der Waals surface area (Å²) in [5.74, 6) is 0.299. The molecule has 0 heterocycles. The van der Waals surface area contributed by atoms with Crippen molar-refractivity contribution >= 4 is 21.6 Å². The minimum absolute atomic E-state index is 0.299. The Morgan fingerprint density at radius 2 is 1.79 bits per heavy atom. The van der Waals surface area contributed by atoms with Crippen LogP contribution in [-0.4, -0.2) is 12.2 Å². The number of aryl methyl sites for hydroxylation is 1. The van der Waals surface area contributed by atoms with Gasteiger partial charge in [0.2, 0.25) is 0 Å². The van der Waals surface area contributed by atoms with E-state index in [1.54, 1.807) is 12.1 Å². The summed E-state index contributed by atoms with van der Waals surface area (Å²) < 4.78 is 1.02. The molecule has 2 nitrogen and oxygen atoms in total. The molecule has 0 aliphatic rings. The second-order valence-electron chi connectivity index (χ2n) is 4.65. The summed E-state index contributed by atoms with van der Waals surface area (Å²) in [6.07, 6.45) is 1.06. The van der Waals surface area contributed by atoms with Crippen LogP contribution >= 0.6 is 15.9 Å². The fraction of sp³-hybridized carbons (Fsp3) is 0.250. The van der Waals surface area contributed by atoms with Crippen LogP contribution in [-0.2, 0) is 13.0 Å². The molecule has 0 radical (unpaired) electrons. The summed E-state index contributed by atoms with van der Waals surface area (Å²) in [5, 5.41) is 9.55.